The molecule has 0 bridgehead atoms. The summed E-state index contributed by atoms with van der Waals surface area (Å²) >= 11 is 0. The number of hydrogen-bond donors (Lipinski definition) is 3. The van der Waals surface area contributed by atoms with Crippen LogP contribution in [0.15, 0.2) is 36.4 Å². The van der Waals surface area contributed by atoms with E-state index in [0.717, 1.165) is 5.52 Å². The first-order valence-corrected chi connectivity index (χ1v) is 12.2. The highest BCUT2D eigenvalue weighted by atomic mass is 32.2. The van der Waals surface area contributed by atoms with Crippen molar-refractivity contribution in [2.45, 2.75) is 64.2 Å². The third-order valence-electron chi connectivity index (χ3n) is 5.34. The van der Waals surface area contributed by atoms with Crippen LogP contribution in [0.5, 0.6) is 5.75 Å². The molecular weight excluding hydrogens is 412 g/mol. The fourth-order valence-corrected chi connectivity index (χ4v) is 5.02. The smallest absolute Gasteiger partial charge is 0.160 e. The van der Waals surface area contributed by atoms with Gasteiger partial charge in [-0.1, -0.05) is 53.7 Å². The van der Waals surface area contributed by atoms with Crippen LogP contribution in [-0.2, 0) is 26.4 Å². The highest BCUT2D eigenvalue weighted by Crippen LogP contribution is 2.41. The van der Waals surface area contributed by atoms with Gasteiger partial charge >= 0.3 is 0 Å². The lowest BCUT2D eigenvalue weighted by atomic mass is 9.78. The van der Waals surface area contributed by atoms with Crippen LogP contribution in [0.25, 0.3) is 11.0 Å². The number of hydrogen-bond acceptors (Lipinski definition) is 5. The summed E-state index contributed by atoms with van der Waals surface area (Å²) in [6, 6.07) is 10.8. The number of fused-ring (bicyclic) bond motifs is 1. The van der Waals surface area contributed by atoms with Gasteiger partial charge in [0.15, 0.2) is 9.84 Å². The van der Waals surface area contributed by atoms with E-state index in [9.17, 15) is 18.6 Å². The number of sulfone groups is 1. The second-order valence-electron chi connectivity index (χ2n) is 10.2. The van der Waals surface area contributed by atoms with Crippen molar-refractivity contribution in [3.05, 3.63) is 58.9 Å². The van der Waals surface area contributed by atoms with Crippen LogP contribution in [0.2, 0.25) is 0 Å². The zero-order valence-corrected chi connectivity index (χ0v) is 19.8. The third kappa shape index (κ3) is 5.28. The maximum Gasteiger partial charge on any atom is 0.160 e. The molecule has 6 nitrogen and oxygen atoms in total. The minimum Gasteiger partial charge on any atom is -0.507 e. The Kier molecular flexibility index (Phi) is 5.97. The molecule has 1 atom stereocenters. The van der Waals surface area contributed by atoms with E-state index in [2.05, 4.69) is 9.97 Å². The SMILES string of the molecule is CC(C)(C)c1cc(C(O)CS(=O)(=O)Cc2nc3ccccc3[nH]2)cc(C(C)(C)C)c1O. The topological polar surface area (TPSA) is 103 Å². The predicted molar refractivity (Wildman–Crippen MR) is 124 cm³/mol. The molecule has 1 heterocycles. The number of aliphatic hydroxyl groups excluding tert-OH is 1. The molecular formula is C24H32N2O4S. The first-order valence-electron chi connectivity index (χ1n) is 10.4. The molecule has 0 aliphatic carbocycles. The molecule has 3 rings (SSSR count). The van der Waals surface area contributed by atoms with Gasteiger partial charge < -0.3 is 15.2 Å². The summed E-state index contributed by atoms with van der Waals surface area (Å²) in [5.41, 5.74) is 2.60. The number of H-pyrrole nitrogens is 1. The number of phenolic OH excluding ortho intramolecular Hbond substituents is 1. The first kappa shape index (κ1) is 23.3. The number of aromatic nitrogens is 2. The Morgan fingerprint density at radius 3 is 2.06 bits per heavy atom. The lowest BCUT2D eigenvalue weighted by Crippen LogP contribution is -2.21. The Bertz CT molecular complexity index is 1130. The van der Waals surface area contributed by atoms with E-state index in [4.69, 9.17) is 0 Å². The standard InChI is InChI=1S/C24H32N2O4S/c1-23(2,3)16-11-15(12-17(22(16)28)24(4,5)6)20(27)13-31(29,30)14-21-25-18-9-7-8-10-19(18)26-21/h7-12,20,27-28H,13-14H2,1-6H3,(H,25,26). The maximum absolute atomic E-state index is 12.8. The van der Waals surface area contributed by atoms with Gasteiger partial charge in [-0.25, -0.2) is 13.4 Å². The van der Waals surface area contributed by atoms with Crippen molar-refractivity contribution in [3.8, 4) is 5.75 Å². The monoisotopic (exact) mass is 444 g/mol. The first-order chi connectivity index (χ1) is 14.2. The number of rotatable bonds is 5. The van der Waals surface area contributed by atoms with Crippen LogP contribution in [0.3, 0.4) is 0 Å². The highest BCUT2D eigenvalue weighted by molar-refractivity contribution is 7.90. The van der Waals surface area contributed by atoms with Crippen molar-refractivity contribution in [2.24, 2.45) is 0 Å². The number of para-hydroxylation sites is 2. The maximum atomic E-state index is 12.8. The minimum absolute atomic E-state index is 0.195. The van der Waals surface area contributed by atoms with E-state index >= 15 is 0 Å². The molecule has 0 saturated carbocycles. The van der Waals surface area contributed by atoms with Crippen molar-refractivity contribution in [1.82, 2.24) is 9.97 Å². The van der Waals surface area contributed by atoms with E-state index in [-0.39, 0.29) is 22.3 Å². The quantitative estimate of drug-likeness (QED) is 0.537. The molecule has 0 aliphatic rings. The van der Waals surface area contributed by atoms with Crippen molar-refractivity contribution in [2.75, 3.05) is 5.75 Å². The Balaban J connectivity index is 1.91. The van der Waals surface area contributed by atoms with E-state index in [1.165, 1.54) is 0 Å². The Morgan fingerprint density at radius 2 is 1.55 bits per heavy atom. The molecule has 1 unspecified atom stereocenters. The molecule has 0 aliphatic heterocycles. The molecule has 0 radical (unpaired) electrons. The fraction of sp³-hybridized carbons (Fsp3) is 0.458. The molecule has 0 spiro atoms. The number of nitrogens with one attached hydrogen (secondary N) is 1. The number of benzene rings is 2. The molecule has 7 heteroatoms. The lowest BCUT2D eigenvalue weighted by molar-refractivity contribution is 0.201. The van der Waals surface area contributed by atoms with Gasteiger partial charge in [-0.3, -0.25) is 0 Å². The van der Waals surface area contributed by atoms with Gasteiger partial charge in [0.05, 0.1) is 22.9 Å². The molecule has 2 aromatic carbocycles. The molecule has 1 aromatic heterocycles. The van der Waals surface area contributed by atoms with Crippen LogP contribution < -0.4 is 0 Å². The number of imidazole rings is 1. The van der Waals surface area contributed by atoms with Crippen LogP contribution in [0.1, 0.15) is 70.2 Å². The molecule has 0 fully saturated rings. The number of aliphatic hydroxyl groups is 1. The van der Waals surface area contributed by atoms with E-state index in [1.54, 1.807) is 12.1 Å². The number of aromatic hydroxyl groups is 1. The minimum atomic E-state index is -3.64. The summed E-state index contributed by atoms with van der Waals surface area (Å²) in [6.45, 7) is 11.9. The van der Waals surface area contributed by atoms with Crippen molar-refractivity contribution < 1.29 is 18.6 Å². The summed E-state index contributed by atoms with van der Waals surface area (Å²) in [7, 11) is -3.64. The number of nitrogens with zero attached hydrogens (tertiary/aromatic N) is 1. The summed E-state index contributed by atoms with van der Waals surface area (Å²) in [5, 5.41) is 21.7. The molecule has 31 heavy (non-hydrogen) atoms. The zero-order valence-electron chi connectivity index (χ0n) is 19.0. The second-order valence-corrected chi connectivity index (χ2v) is 12.3. The van der Waals surface area contributed by atoms with Gasteiger partial charge in [-0.05, 0) is 51.8 Å². The van der Waals surface area contributed by atoms with Gasteiger partial charge in [0, 0.05) is 0 Å². The van der Waals surface area contributed by atoms with E-state index in [0.29, 0.717) is 28.0 Å². The average molecular weight is 445 g/mol. The Hall–Kier alpha value is -2.38. The van der Waals surface area contributed by atoms with Crippen molar-refractivity contribution >= 4 is 20.9 Å². The largest absolute Gasteiger partial charge is 0.507 e. The van der Waals surface area contributed by atoms with Crippen molar-refractivity contribution in [3.63, 3.8) is 0 Å². The average Bonchev–Trinajstić information content (AvgIpc) is 3.00. The summed E-state index contributed by atoms with van der Waals surface area (Å²) in [6.07, 6.45) is -1.21. The van der Waals surface area contributed by atoms with Gasteiger partial charge in [-0.15, -0.1) is 0 Å². The summed E-state index contributed by atoms with van der Waals surface area (Å²) < 4.78 is 25.6. The van der Waals surface area contributed by atoms with Crippen LogP contribution in [0, 0.1) is 0 Å². The molecule has 168 valence electrons. The summed E-state index contributed by atoms with van der Waals surface area (Å²) in [5.74, 6) is -0.164. The Labute approximate surface area is 184 Å². The molecule has 3 aromatic rings. The van der Waals surface area contributed by atoms with Gasteiger partial charge in [0.2, 0.25) is 0 Å². The van der Waals surface area contributed by atoms with Crippen LogP contribution in [-0.4, -0.2) is 34.4 Å². The van der Waals surface area contributed by atoms with Gasteiger partial charge in [0.25, 0.3) is 0 Å². The van der Waals surface area contributed by atoms with E-state index < -0.39 is 21.7 Å². The predicted octanol–water partition coefficient (Wildman–Crippen LogP) is 4.51. The van der Waals surface area contributed by atoms with Gasteiger partial charge in [-0.2, -0.15) is 0 Å². The van der Waals surface area contributed by atoms with Crippen LogP contribution in [0.4, 0.5) is 0 Å². The third-order valence-corrected chi connectivity index (χ3v) is 6.88. The number of aromatic amines is 1. The summed E-state index contributed by atoms with van der Waals surface area (Å²) in [4.78, 5) is 7.36. The number of phenols is 1. The highest BCUT2D eigenvalue weighted by Gasteiger charge is 2.29. The molecule has 3 N–H and O–H groups in total. The molecule has 0 amide bonds. The van der Waals surface area contributed by atoms with Crippen molar-refractivity contribution in [1.29, 1.82) is 0 Å². The fourth-order valence-electron chi connectivity index (χ4n) is 3.67. The molecule has 0 saturated heterocycles. The van der Waals surface area contributed by atoms with Gasteiger partial charge in [0.1, 0.15) is 17.3 Å². The van der Waals surface area contributed by atoms with E-state index in [1.807, 2.05) is 65.8 Å². The zero-order chi connectivity index (χ0) is 23.2. The second kappa shape index (κ2) is 7.95. The van der Waals surface area contributed by atoms with Crippen LogP contribution >= 0.6 is 0 Å². The lowest BCUT2D eigenvalue weighted by Gasteiger charge is -2.29. The normalized spacial score (nSPS) is 14.2. The Morgan fingerprint density at radius 1 is 1.00 bits per heavy atom.